The fraction of sp³-hybridized carbons (Fsp3) is 0.730. The van der Waals surface area contributed by atoms with E-state index in [0.29, 0.717) is 40.8 Å². The van der Waals surface area contributed by atoms with Gasteiger partial charge in [0, 0.05) is 6.42 Å². The zero-order chi connectivity index (χ0) is 34.3. The van der Waals surface area contributed by atoms with Gasteiger partial charge in [-0.15, -0.1) is 0 Å². The van der Waals surface area contributed by atoms with Gasteiger partial charge in [-0.05, 0) is 154 Å². The van der Waals surface area contributed by atoms with E-state index in [0.717, 1.165) is 5.57 Å². The number of ether oxygens (including phenoxy) is 6. The fourth-order valence-corrected chi connectivity index (χ4v) is 4.52. The summed E-state index contributed by atoms with van der Waals surface area (Å²) < 4.78 is 38.8. The minimum absolute atomic E-state index is 0.409. The second-order valence-corrected chi connectivity index (χ2v) is 17.7. The Morgan fingerprint density at radius 3 is 1.34 bits per heavy atom. The van der Waals surface area contributed by atoms with E-state index in [9.17, 15) is 5.11 Å². The lowest BCUT2D eigenvalue weighted by Crippen LogP contribution is -2.36. The van der Waals surface area contributed by atoms with Crippen LogP contribution in [0.25, 0.3) is 0 Å². The molecule has 0 heterocycles. The van der Waals surface area contributed by atoms with Crippen LogP contribution in [0, 0.1) is 0 Å². The van der Waals surface area contributed by atoms with Crippen LogP contribution >= 0.6 is 0 Å². The first kappa shape index (κ1) is 37.8. The van der Waals surface area contributed by atoms with Crippen molar-refractivity contribution >= 4 is 0 Å². The molecule has 1 aliphatic carbocycles. The molecule has 2 rings (SSSR count). The van der Waals surface area contributed by atoms with Crippen molar-refractivity contribution in [2.45, 2.75) is 177 Å². The summed E-state index contributed by atoms with van der Waals surface area (Å²) >= 11 is 0. The van der Waals surface area contributed by atoms with Crippen LogP contribution in [0.15, 0.2) is 35.3 Å². The summed E-state index contributed by atoms with van der Waals surface area (Å²) in [6, 6.07) is 3.70. The average molecular weight is 619 g/mol. The van der Waals surface area contributed by atoms with Crippen molar-refractivity contribution in [2.75, 3.05) is 0 Å². The van der Waals surface area contributed by atoms with E-state index in [1.165, 1.54) is 0 Å². The average Bonchev–Trinajstić information content (AvgIpc) is 2.71. The maximum Gasteiger partial charge on any atom is 0.204 e. The highest BCUT2D eigenvalue weighted by Crippen LogP contribution is 2.47. The first-order chi connectivity index (χ1) is 19.4. The van der Waals surface area contributed by atoms with Gasteiger partial charge in [0.2, 0.25) is 5.75 Å². The van der Waals surface area contributed by atoms with Gasteiger partial charge in [0.25, 0.3) is 0 Å². The normalized spacial score (nSPS) is 18.1. The van der Waals surface area contributed by atoms with Gasteiger partial charge in [0.05, 0.1) is 5.60 Å². The van der Waals surface area contributed by atoms with Crippen molar-refractivity contribution in [1.29, 1.82) is 0 Å². The minimum atomic E-state index is -1.01. The highest BCUT2D eigenvalue weighted by Gasteiger charge is 2.37. The molecule has 0 aromatic heterocycles. The molecule has 0 bridgehead atoms. The Morgan fingerprint density at radius 1 is 0.568 bits per heavy atom. The van der Waals surface area contributed by atoms with Gasteiger partial charge in [0.1, 0.15) is 40.2 Å². The molecule has 0 spiro atoms. The van der Waals surface area contributed by atoms with E-state index >= 15 is 0 Å². The van der Waals surface area contributed by atoms with E-state index in [1.54, 1.807) is 0 Å². The first-order valence-corrected chi connectivity index (χ1v) is 15.8. The topological polar surface area (TPSA) is 75.6 Å². The van der Waals surface area contributed by atoms with Crippen LogP contribution in [0.3, 0.4) is 0 Å². The van der Waals surface area contributed by atoms with Crippen LogP contribution in [0.1, 0.15) is 143 Å². The summed E-state index contributed by atoms with van der Waals surface area (Å²) in [7, 11) is 0. The molecule has 1 aromatic carbocycles. The SMILES string of the molecule is CC(C)(C)OC1=C(OC(C)(C)C)C(OC(C)(C)C)CC(C(O)c2cc(OC(C)(C)C)c(OC(C)(C)C)c(OC(C)(C)C)c2)=C1. The van der Waals surface area contributed by atoms with Crippen molar-refractivity contribution in [3.8, 4) is 17.2 Å². The van der Waals surface area contributed by atoms with Crippen molar-refractivity contribution in [3.63, 3.8) is 0 Å². The van der Waals surface area contributed by atoms with E-state index in [1.807, 2.05) is 143 Å². The smallest absolute Gasteiger partial charge is 0.204 e. The number of aliphatic hydroxyl groups excluding tert-OH is 1. The molecule has 1 N–H and O–H groups in total. The lowest BCUT2D eigenvalue weighted by Gasteiger charge is -2.38. The predicted molar refractivity (Wildman–Crippen MR) is 179 cm³/mol. The van der Waals surface area contributed by atoms with Crippen LogP contribution < -0.4 is 14.2 Å². The monoisotopic (exact) mass is 618 g/mol. The Labute approximate surface area is 268 Å². The Bertz CT molecular complexity index is 1160. The highest BCUT2D eigenvalue weighted by atomic mass is 16.6. The quantitative estimate of drug-likeness (QED) is 0.311. The minimum Gasteiger partial charge on any atom is -0.486 e. The molecule has 2 unspecified atom stereocenters. The molecule has 2 atom stereocenters. The van der Waals surface area contributed by atoms with Gasteiger partial charge < -0.3 is 33.5 Å². The zero-order valence-corrected chi connectivity index (χ0v) is 31.0. The largest absolute Gasteiger partial charge is 0.486 e. The molecule has 1 aromatic rings. The first-order valence-electron chi connectivity index (χ1n) is 15.8. The molecule has 0 saturated heterocycles. The molecule has 1 aliphatic rings. The summed E-state index contributed by atoms with van der Waals surface area (Å²) in [5.41, 5.74) is -1.67. The molecule has 7 nitrogen and oxygen atoms in total. The Morgan fingerprint density at radius 2 is 0.977 bits per heavy atom. The summed E-state index contributed by atoms with van der Waals surface area (Å²) in [6.45, 7) is 35.9. The summed E-state index contributed by atoms with van der Waals surface area (Å²) in [5, 5.41) is 12.1. The fourth-order valence-electron chi connectivity index (χ4n) is 4.52. The summed E-state index contributed by atoms with van der Waals surface area (Å²) in [4.78, 5) is 0. The third-order valence-electron chi connectivity index (χ3n) is 5.55. The van der Waals surface area contributed by atoms with Crippen molar-refractivity contribution in [3.05, 3.63) is 40.9 Å². The number of hydrogen-bond acceptors (Lipinski definition) is 7. The lowest BCUT2D eigenvalue weighted by atomic mass is 9.90. The molecule has 0 amide bonds. The van der Waals surface area contributed by atoms with Gasteiger partial charge in [-0.2, -0.15) is 0 Å². The maximum absolute atomic E-state index is 12.1. The lowest BCUT2D eigenvalue weighted by molar-refractivity contribution is -0.0935. The Kier molecular flexibility index (Phi) is 11.0. The molecule has 44 heavy (non-hydrogen) atoms. The third kappa shape index (κ3) is 12.9. The van der Waals surface area contributed by atoms with E-state index in [2.05, 4.69) is 0 Å². The Balaban J connectivity index is 2.84. The maximum atomic E-state index is 12.1. The van der Waals surface area contributed by atoms with Crippen LogP contribution in [0.5, 0.6) is 17.2 Å². The molecular formula is C37H62O7. The molecule has 0 aliphatic heterocycles. The Hall–Kier alpha value is -2.38. The summed E-state index contributed by atoms with van der Waals surface area (Å²) in [5.74, 6) is 2.68. The molecule has 0 radical (unpaired) electrons. The van der Waals surface area contributed by atoms with Gasteiger partial charge in [-0.25, -0.2) is 0 Å². The molecule has 0 saturated carbocycles. The highest BCUT2D eigenvalue weighted by molar-refractivity contribution is 5.56. The standard InChI is InChI=1S/C37H62O7/c1-32(2,3)39-25-19-23(20-26(40-33(4,5)6)30(25)43-36(13,14)15)29(38)24-21-27(41-34(7,8)9)31(44-37(16,17)18)28(22-24)42-35(10,11)12/h19-21,28-29,38H,22H2,1-18H3. The van der Waals surface area contributed by atoms with Crippen LogP contribution in [-0.2, 0) is 14.2 Å². The number of hydrogen-bond donors (Lipinski definition) is 1. The second kappa shape index (κ2) is 12.8. The van der Waals surface area contributed by atoms with Crippen molar-refractivity contribution in [2.24, 2.45) is 0 Å². The van der Waals surface area contributed by atoms with Crippen LogP contribution in [0.4, 0.5) is 0 Å². The van der Waals surface area contributed by atoms with Gasteiger partial charge in [0.15, 0.2) is 23.0 Å². The number of benzene rings is 1. The zero-order valence-electron chi connectivity index (χ0n) is 31.0. The molecule has 0 fully saturated rings. The molecule has 7 heteroatoms. The molecular weight excluding hydrogens is 556 g/mol. The van der Waals surface area contributed by atoms with Crippen LogP contribution in [-0.4, -0.2) is 44.8 Å². The van der Waals surface area contributed by atoms with Crippen molar-refractivity contribution in [1.82, 2.24) is 0 Å². The molecule has 252 valence electrons. The predicted octanol–water partition coefficient (Wildman–Crippen LogP) is 9.61. The number of rotatable bonds is 8. The third-order valence-corrected chi connectivity index (χ3v) is 5.55. The van der Waals surface area contributed by atoms with E-state index in [4.69, 9.17) is 28.4 Å². The van der Waals surface area contributed by atoms with E-state index in [-0.39, 0.29) is 0 Å². The van der Waals surface area contributed by atoms with E-state index < -0.39 is 45.8 Å². The summed E-state index contributed by atoms with van der Waals surface area (Å²) in [6.07, 6.45) is 0.823. The second-order valence-electron chi connectivity index (χ2n) is 17.7. The van der Waals surface area contributed by atoms with Gasteiger partial charge >= 0.3 is 0 Å². The number of allylic oxidation sites excluding steroid dienone is 1. The number of aliphatic hydroxyl groups is 1. The van der Waals surface area contributed by atoms with Crippen molar-refractivity contribution < 1.29 is 33.5 Å². The van der Waals surface area contributed by atoms with Gasteiger partial charge in [-0.1, -0.05) is 0 Å². The van der Waals surface area contributed by atoms with Crippen LogP contribution in [0.2, 0.25) is 0 Å². The van der Waals surface area contributed by atoms with Gasteiger partial charge in [-0.3, -0.25) is 0 Å².